The van der Waals surface area contributed by atoms with E-state index in [0.717, 1.165) is 29.7 Å². The molecule has 0 spiro atoms. The van der Waals surface area contributed by atoms with E-state index in [2.05, 4.69) is 36.6 Å². The second-order valence-electron chi connectivity index (χ2n) is 6.29. The lowest BCUT2D eigenvalue weighted by Crippen LogP contribution is -2.22. The van der Waals surface area contributed by atoms with Gasteiger partial charge in [-0.25, -0.2) is 4.98 Å². The number of nitrogens with zero attached hydrogens (tertiary/aromatic N) is 2. The van der Waals surface area contributed by atoms with Gasteiger partial charge in [-0.3, -0.25) is 0 Å². The number of aromatic nitrogens is 2. The molecular formula is C17H23ClN2. The van der Waals surface area contributed by atoms with Crippen molar-refractivity contribution in [3.8, 4) is 0 Å². The van der Waals surface area contributed by atoms with E-state index in [1.807, 2.05) is 0 Å². The number of rotatable bonds is 3. The summed E-state index contributed by atoms with van der Waals surface area (Å²) in [6.07, 6.45) is 5.47. The first-order chi connectivity index (χ1) is 9.69. The summed E-state index contributed by atoms with van der Waals surface area (Å²) in [4.78, 5) is 4.71. The van der Waals surface area contributed by atoms with Crippen molar-refractivity contribution in [1.82, 2.24) is 9.55 Å². The SMILES string of the molecule is Cc1ccc2c(c1)nc(CCl)n2CC1CCCCC1C. The van der Waals surface area contributed by atoms with Crippen molar-refractivity contribution in [1.29, 1.82) is 0 Å². The van der Waals surface area contributed by atoms with Gasteiger partial charge in [-0.2, -0.15) is 0 Å². The Labute approximate surface area is 126 Å². The van der Waals surface area contributed by atoms with Crippen LogP contribution in [0.4, 0.5) is 0 Å². The van der Waals surface area contributed by atoms with Crippen molar-refractivity contribution in [2.75, 3.05) is 0 Å². The molecule has 3 heteroatoms. The Morgan fingerprint density at radius 2 is 2.10 bits per heavy atom. The third kappa shape index (κ3) is 2.58. The first-order valence-corrected chi connectivity index (χ1v) is 8.24. The van der Waals surface area contributed by atoms with Gasteiger partial charge in [-0.15, -0.1) is 11.6 Å². The predicted molar refractivity (Wildman–Crippen MR) is 85.1 cm³/mol. The molecule has 2 aromatic rings. The molecule has 0 aliphatic heterocycles. The summed E-state index contributed by atoms with van der Waals surface area (Å²) < 4.78 is 2.36. The topological polar surface area (TPSA) is 17.8 Å². The maximum absolute atomic E-state index is 6.11. The van der Waals surface area contributed by atoms with E-state index >= 15 is 0 Å². The van der Waals surface area contributed by atoms with Crippen molar-refractivity contribution >= 4 is 22.6 Å². The maximum atomic E-state index is 6.11. The highest BCUT2D eigenvalue weighted by Gasteiger charge is 2.23. The van der Waals surface area contributed by atoms with Crippen LogP contribution in [0.15, 0.2) is 18.2 Å². The average Bonchev–Trinajstić information content (AvgIpc) is 2.78. The van der Waals surface area contributed by atoms with Crippen LogP contribution in [0.2, 0.25) is 0 Å². The highest BCUT2D eigenvalue weighted by Crippen LogP contribution is 2.32. The number of benzene rings is 1. The van der Waals surface area contributed by atoms with E-state index in [4.69, 9.17) is 16.6 Å². The maximum Gasteiger partial charge on any atom is 0.124 e. The van der Waals surface area contributed by atoms with Crippen LogP contribution in [0.25, 0.3) is 11.0 Å². The molecule has 0 radical (unpaired) electrons. The van der Waals surface area contributed by atoms with Gasteiger partial charge in [0.05, 0.1) is 16.9 Å². The zero-order valence-corrected chi connectivity index (χ0v) is 13.2. The normalized spacial score (nSPS) is 23.4. The predicted octanol–water partition coefficient (Wildman–Crippen LogP) is 4.91. The second kappa shape index (κ2) is 5.77. The molecule has 20 heavy (non-hydrogen) atoms. The van der Waals surface area contributed by atoms with Gasteiger partial charge in [-0.1, -0.05) is 32.3 Å². The summed E-state index contributed by atoms with van der Waals surface area (Å²) in [5.41, 5.74) is 3.59. The Morgan fingerprint density at radius 1 is 1.30 bits per heavy atom. The number of aryl methyl sites for hydroxylation is 1. The number of fused-ring (bicyclic) bond motifs is 1. The lowest BCUT2D eigenvalue weighted by atomic mass is 9.80. The first-order valence-electron chi connectivity index (χ1n) is 7.70. The minimum absolute atomic E-state index is 0.495. The van der Waals surface area contributed by atoms with Gasteiger partial charge in [0, 0.05) is 6.54 Å². The zero-order valence-electron chi connectivity index (χ0n) is 12.4. The van der Waals surface area contributed by atoms with E-state index in [-0.39, 0.29) is 0 Å². The molecule has 1 saturated carbocycles. The van der Waals surface area contributed by atoms with Crippen molar-refractivity contribution in [3.05, 3.63) is 29.6 Å². The quantitative estimate of drug-likeness (QED) is 0.734. The lowest BCUT2D eigenvalue weighted by molar-refractivity contribution is 0.229. The fourth-order valence-electron chi connectivity index (χ4n) is 3.49. The molecule has 108 valence electrons. The lowest BCUT2D eigenvalue weighted by Gasteiger charge is -2.29. The van der Waals surface area contributed by atoms with Gasteiger partial charge in [-0.05, 0) is 42.9 Å². The van der Waals surface area contributed by atoms with Crippen LogP contribution < -0.4 is 0 Å². The molecule has 1 aliphatic carbocycles. The Kier molecular flexibility index (Phi) is 4.02. The molecule has 2 nitrogen and oxygen atoms in total. The van der Waals surface area contributed by atoms with Crippen molar-refractivity contribution < 1.29 is 0 Å². The summed E-state index contributed by atoms with van der Waals surface area (Å²) >= 11 is 6.11. The van der Waals surface area contributed by atoms with Crippen molar-refractivity contribution in [3.63, 3.8) is 0 Å². The Morgan fingerprint density at radius 3 is 2.85 bits per heavy atom. The van der Waals surface area contributed by atoms with Gasteiger partial charge in [0.15, 0.2) is 0 Å². The fraction of sp³-hybridized carbons (Fsp3) is 0.588. The van der Waals surface area contributed by atoms with Gasteiger partial charge in [0.2, 0.25) is 0 Å². The fourth-order valence-corrected chi connectivity index (χ4v) is 3.70. The number of alkyl halides is 1. The molecule has 0 bridgehead atoms. The van der Waals surface area contributed by atoms with Gasteiger partial charge in [0.25, 0.3) is 0 Å². The van der Waals surface area contributed by atoms with Crippen LogP contribution in [-0.2, 0) is 12.4 Å². The van der Waals surface area contributed by atoms with E-state index in [1.54, 1.807) is 0 Å². The molecule has 1 fully saturated rings. The zero-order chi connectivity index (χ0) is 14.1. The Bertz CT molecular complexity index is 602. The van der Waals surface area contributed by atoms with Gasteiger partial charge >= 0.3 is 0 Å². The summed E-state index contributed by atoms with van der Waals surface area (Å²) in [5.74, 6) is 3.10. The molecule has 1 aromatic heterocycles. The summed E-state index contributed by atoms with van der Waals surface area (Å²) in [6.45, 7) is 5.58. The van der Waals surface area contributed by atoms with E-state index < -0.39 is 0 Å². The molecule has 2 unspecified atom stereocenters. The molecule has 1 aliphatic rings. The number of imidazole rings is 1. The van der Waals surface area contributed by atoms with E-state index in [9.17, 15) is 0 Å². The van der Waals surface area contributed by atoms with Crippen LogP contribution in [0.5, 0.6) is 0 Å². The summed E-state index contributed by atoms with van der Waals surface area (Å²) in [7, 11) is 0. The van der Waals surface area contributed by atoms with Crippen LogP contribution in [0.3, 0.4) is 0 Å². The Hall–Kier alpha value is -1.02. The minimum Gasteiger partial charge on any atom is -0.327 e. The van der Waals surface area contributed by atoms with Crippen molar-refractivity contribution in [2.24, 2.45) is 11.8 Å². The van der Waals surface area contributed by atoms with Crippen molar-refractivity contribution in [2.45, 2.75) is 52.0 Å². The molecule has 1 heterocycles. The highest BCUT2D eigenvalue weighted by atomic mass is 35.5. The molecular weight excluding hydrogens is 268 g/mol. The highest BCUT2D eigenvalue weighted by molar-refractivity contribution is 6.16. The summed E-state index contributed by atoms with van der Waals surface area (Å²) in [5, 5.41) is 0. The van der Waals surface area contributed by atoms with Gasteiger partial charge in [0.1, 0.15) is 5.82 Å². The molecule has 0 N–H and O–H groups in total. The first kappa shape index (κ1) is 13.9. The third-order valence-electron chi connectivity index (χ3n) is 4.81. The molecule has 3 rings (SSSR count). The van der Waals surface area contributed by atoms with Crippen LogP contribution >= 0.6 is 11.6 Å². The van der Waals surface area contributed by atoms with E-state index in [1.165, 1.54) is 36.8 Å². The minimum atomic E-state index is 0.495. The van der Waals surface area contributed by atoms with E-state index in [0.29, 0.717) is 5.88 Å². The third-order valence-corrected chi connectivity index (χ3v) is 5.05. The smallest absolute Gasteiger partial charge is 0.124 e. The molecule has 0 saturated heterocycles. The Balaban J connectivity index is 1.96. The molecule has 0 amide bonds. The number of hydrogen-bond acceptors (Lipinski definition) is 1. The number of halogens is 1. The average molecular weight is 291 g/mol. The summed E-state index contributed by atoms with van der Waals surface area (Å²) in [6, 6.07) is 6.52. The molecule has 2 atom stereocenters. The van der Waals surface area contributed by atoms with Crippen LogP contribution in [0, 0.1) is 18.8 Å². The van der Waals surface area contributed by atoms with Crippen LogP contribution in [0.1, 0.15) is 44.0 Å². The second-order valence-corrected chi connectivity index (χ2v) is 6.55. The number of hydrogen-bond donors (Lipinski definition) is 0. The molecule has 1 aromatic carbocycles. The standard InChI is InChI=1S/C17H23ClN2/c1-12-7-8-16-15(9-12)19-17(10-18)20(16)11-14-6-4-3-5-13(14)2/h7-9,13-14H,3-6,10-11H2,1-2H3. The van der Waals surface area contributed by atoms with Gasteiger partial charge < -0.3 is 4.57 Å². The van der Waals surface area contributed by atoms with Crippen LogP contribution in [-0.4, -0.2) is 9.55 Å². The largest absolute Gasteiger partial charge is 0.327 e. The monoisotopic (exact) mass is 290 g/mol.